The summed E-state index contributed by atoms with van der Waals surface area (Å²) in [5.41, 5.74) is 6.36. The molecular weight excluding hydrogens is 276 g/mol. The van der Waals surface area contributed by atoms with E-state index >= 15 is 0 Å². The third kappa shape index (κ3) is 3.98. The van der Waals surface area contributed by atoms with E-state index in [1.54, 1.807) is 6.08 Å². The molecule has 1 aromatic heterocycles. The molecule has 0 bridgehead atoms. The second-order valence-corrected chi connectivity index (χ2v) is 4.80. The van der Waals surface area contributed by atoms with Crippen molar-refractivity contribution >= 4 is 27.9 Å². The van der Waals surface area contributed by atoms with E-state index in [1.807, 2.05) is 13.0 Å². The van der Waals surface area contributed by atoms with Gasteiger partial charge in [0, 0.05) is 19.7 Å². The van der Waals surface area contributed by atoms with Gasteiger partial charge < -0.3 is 21.1 Å². The fourth-order valence-electron chi connectivity index (χ4n) is 1.47. The summed E-state index contributed by atoms with van der Waals surface area (Å²) in [5, 5.41) is 15.4. The Morgan fingerprint density at radius 3 is 3.00 bits per heavy atom. The third-order valence-electron chi connectivity index (χ3n) is 2.41. The van der Waals surface area contributed by atoms with Crippen LogP contribution in [0.25, 0.3) is 0 Å². The molecule has 6 nitrogen and oxygen atoms in total. The number of anilines is 2. The summed E-state index contributed by atoms with van der Waals surface area (Å²) in [6.07, 6.45) is 1.58. The molecule has 0 atom stereocenters. The highest BCUT2D eigenvalue weighted by molar-refractivity contribution is 7.18. The molecule has 0 saturated heterocycles. The molecule has 108 valence electrons. The summed E-state index contributed by atoms with van der Waals surface area (Å²) in [6.45, 7) is 7.50. The summed E-state index contributed by atoms with van der Waals surface area (Å²) in [5.74, 6) is -0.304. The molecule has 20 heavy (non-hydrogen) atoms. The number of thiophene rings is 1. The van der Waals surface area contributed by atoms with Crippen LogP contribution in [0.3, 0.4) is 0 Å². The summed E-state index contributed by atoms with van der Waals surface area (Å²) >= 11 is 1.17. The van der Waals surface area contributed by atoms with Gasteiger partial charge >= 0.3 is 0 Å². The molecule has 1 aromatic rings. The van der Waals surface area contributed by atoms with Gasteiger partial charge in [0.2, 0.25) is 0 Å². The number of nitrogens with two attached hydrogens (primary N) is 1. The molecule has 4 N–H and O–H groups in total. The molecule has 0 aromatic carbocycles. The van der Waals surface area contributed by atoms with Crippen LogP contribution in [-0.2, 0) is 4.74 Å². The van der Waals surface area contributed by atoms with Crippen molar-refractivity contribution in [2.45, 2.75) is 6.92 Å². The smallest absolute Gasteiger partial charge is 0.263 e. The fourth-order valence-corrected chi connectivity index (χ4v) is 2.49. The maximum atomic E-state index is 11.9. The van der Waals surface area contributed by atoms with Crippen LogP contribution in [0.1, 0.15) is 22.2 Å². The molecule has 0 radical (unpaired) electrons. The second kappa shape index (κ2) is 8.19. The van der Waals surface area contributed by atoms with Crippen LogP contribution in [0, 0.1) is 11.3 Å². The number of nitrogen functional groups attached to an aromatic ring is 1. The zero-order chi connectivity index (χ0) is 15.0. The number of nitriles is 1. The standard InChI is InChI=1S/C13H18N4O2S/c1-3-5-16-12(18)11-10(15)9(8-14)13(20-11)17-6-7-19-4-2/h3,17H,1,4-7,15H2,2H3,(H,16,18). The lowest BCUT2D eigenvalue weighted by atomic mass is 10.2. The molecule has 1 amide bonds. The van der Waals surface area contributed by atoms with Crippen LogP contribution in [0.2, 0.25) is 0 Å². The normalized spacial score (nSPS) is 9.80. The van der Waals surface area contributed by atoms with E-state index in [0.29, 0.717) is 41.7 Å². The number of nitrogens with one attached hydrogen (secondary N) is 2. The number of amides is 1. The SMILES string of the molecule is C=CCNC(=O)c1sc(NCCOCC)c(C#N)c1N. The van der Waals surface area contributed by atoms with Crippen LogP contribution >= 0.6 is 11.3 Å². The molecule has 0 aliphatic carbocycles. The first-order valence-corrected chi connectivity index (χ1v) is 7.00. The van der Waals surface area contributed by atoms with Gasteiger partial charge in [0.25, 0.3) is 5.91 Å². The molecule has 1 rings (SSSR count). The Morgan fingerprint density at radius 2 is 2.40 bits per heavy atom. The molecule has 7 heteroatoms. The van der Waals surface area contributed by atoms with Gasteiger partial charge in [-0.05, 0) is 6.92 Å². The lowest BCUT2D eigenvalue weighted by Gasteiger charge is -2.03. The second-order valence-electron chi connectivity index (χ2n) is 3.78. The Hall–Kier alpha value is -2.04. The number of carbonyl (C=O) groups is 1. The number of hydrogen-bond acceptors (Lipinski definition) is 6. The number of nitrogens with zero attached hydrogens (tertiary/aromatic N) is 1. The van der Waals surface area contributed by atoms with Crippen molar-refractivity contribution in [2.24, 2.45) is 0 Å². The van der Waals surface area contributed by atoms with E-state index in [9.17, 15) is 4.79 Å². The monoisotopic (exact) mass is 294 g/mol. The molecule has 0 fully saturated rings. The zero-order valence-electron chi connectivity index (χ0n) is 11.4. The lowest BCUT2D eigenvalue weighted by molar-refractivity contribution is 0.0963. The predicted octanol–water partition coefficient (Wildman–Crippen LogP) is 1.57. The van der Waals surface area contributed by atoms with Crippen LogP contribution in [0.15, 0.2) is 12.7 Å². The maximum Gasteiger partial charge on any atom is 0.263 e. The number of rotatable bonds is 8. The Morgan fingerprint density at radius 1 is 1.65 bits per heavy atom. The van der Waals surface area contributed by atoms with Gasteiger partial charge in [-0.3, -0.25) is 4.79 Å². The van der Waals surface area contributed by atoms with Crippen molar-refractivity contribution in [3.05, 3.63) is 23.1 Å². The average Bonchev–Trinajstić information content (AvgIpc) is 2.77. The Balaban J connectivity index is 2.83. The van der Waals surface area contributed by atoms with Gasteiger partial charge in [0.05, 0.1) is 12.3 Å². The van der Waals surface area contributed by atoms with Crippen molar-refractivity contribution in [3.63, 3.8) is 0 Å². The van der Waals surface area contributed by atoms with E-state index < -0.39 is 0 Å². The van der Waals surface area contributed by atoms with Gasteiger partial charge in [-0.15, -0.1) is 17.9 Å². The van der Waals surface area contributed by atoms with E-state index in [1.165, 1.54) is 11.3 Å². The van der Waals surface area contributed by atoms with Gasteiger partial charge in [-0.1, -0.05) is 6.08 Å². The Kier molecular flexibility index (Phi) is 6.56. The van der Waals surface area contributed by atoms with Gasteiger partial charge in [-0.25, -0.2) is 0 Å². The van der Waals surface area contributed by atoms with Gasteiger partial charge in [-0.2, -0.15) is 5.26 Å². The van der Waals surface area contributed by atoms with Crippen LogP contribution in [0.4, 0.5) is 10.7 Å². The summed E-state index contributed by atoms with van der Waals surface area (Å²) in [4.78, 5) is 12.2. The molecule has 0 aliphatic heterocycles. The third-order valence-corrected chi connectivity index (χ3v) is 3.57. The van der Waals surface area contributed by atoms with Crippen molar-refractivity contribution in [1.29, 1.82) is 5.26 Å². The Bertz CT molecular complexity index is 519. The minimum Gasteiger partial charge on any atom is -0.396 e. The fraction of sp³-hybridized carbons (Fsp3) is 0.385. The molecule has 0 spiro atoms. The van der Waals surface area contributed by atoms with Gasteiger partial charge in [0.15, 0.2) is 0 Å². The lowest BCUT2D eigenvalue weighted by Crippen LogP contribution is -2.23. The first-order valence-electron chi connectivity index (χ1n) is 6.18. The highest BCUT2D eigenvalue weighted by atomic mass is 32.1. The summed E-state index contributed by atoms with van der Waals surface area (Å²) in [7, 11) is 0. The topological polar surface area (TPSA) is 100 Å². The minimum absolute atomic E-state index is 0.206. The van der Waals surface area contributed by atoms with Crippen LogP contribution < -0.4 is 16.4 Å². The van der Waals surface area contributed by atoms with E-state index in [4.69, 9.17) is 15.7 Å². The zero-order valence-corrected chi connectivity index (χ0v) is 12.2. The first-order chi connectivity index (χ1) is 9.65. The molecule has 0 unspecified atom stereocenters. The van der Waals surface area contributed by atoms with Crippen molar-refractivity contribution in [1.82, 2.24) is 5.32 Å². The largest absolute Gasteiger partial charge is 0.396 e. The van der Waals surface area contributed by atoms with Crippen LogP contribution in [0.5, 0.6) is 0 Å². The average molecular weight is 294 g/mol. The van der Waals surface area contributed by atoms with E-state index in [-0.39, 0.29) is 11.6 Å². The molecular formula is C13H18N4O2S. The van der Waals surface area contributed by atoms with Gasteiger partial charge in [0.1, 0.15) is 21.5 Å². The highest BCUT2D eigenvalue weighted by Gasteiger charge is 2.20. The Labute approximate surface area is 122 Å². The molecule has 1 heterocycles. The number of ether oxygens (including phenoxy) is 1. The quantitative estimate of drug-likeness (QED) is 0.499. The molecule has 0 saturated carbocycles. The first kappa shape index (κ1) is 16.0. The number of carbonyl (C=O) groups excluding carboxylic acids is 1. The summed E-state index contributed by atoms with van der Waals surface area (Å²) < 4.78 is 5.20. The minimum atomic E-state index is -0.304. The highest BCUT2D eigenvalue weighted by Crippen LogP contribution is 2.34. The number of hydrogen-bond donors (Lipinski definition) is 3. The van der Waals surface area contributed by atoms with Crippen LogP contribution in [-0.4, -0.2) is 32.2 Å². The van der Waals surface area contributed by atoms with E-state index in [0.717, 1.165) is 0 Å². The van der Waals surface area contributed by atoms with Crippen molar-refractivity contribution in [2.75, 3.05) is 37.4 Å². The molecule has 0 aliphatic rings. The van der Waals surface area contributed by atoms with Crippen molar-refractivity contribution < 1.29 is 9.53 Å². The predicted molar refractivity (Wildman–Crippen MR) is 81.0 cm³/mol. The maximum absolute atomic E-state index is 11.9. The van der Waals surface area contributed by atoms with E-state index in [2.05, 4.69) is 17.2 Å². The van der Waals surface area contributed by atoms with Crippen molar-refractivity contribution in [3.8, 4) is 6.07 Å². The summed E-state index contributed by atoms with van der Waals surface area (Å²) in [6, 6.07) is 2.02.